The molecular weight excluding hydrogens is 298 g/mol. The topological polar surface area (TPSA) is 138 Å². The Hall–Kier alpha value is -3.60. The van der Waals surface area contributed by atoms with Crippen LogP contribution in [0.5, 0.6) is 5.75 Å². The second-order valence-electron chi connectivity index (χ2n) is 4.92. The van der Waals surface area contributed by atoms with Crippen LogP contribution in [0.4, 0.5) is 5.82 Å². The molecule has 3 aromatic rings. The first kappa shape index (κ1) is 14.3. The Morgan fingerprint density at radius 3 is 2.57 bits per heavy atom. The number of aromatic hydroxyl groups is 1. The highest BCUT2D eigenvalue weighted by atomic mass is 16.3. The van der Waals surface area contributed by atoms with Crippen LogP contribution in [-0.4, -0.2) is 19.6 Å². The van der Waals surface area contributed by atoms with Crippen LogP contribution in [-0.2, 0) is 7.05 Å². The predicted octanol–water partition coefficient (Wildman–Crippen LogP) is 0.448. The highest BCUT2D eigenvalue weighted by Crippen LogP contribution is 2.32. The van der Waals surface area contributed by atoms with E-state index in [2.05, 4.69) is 9.97 Å². The molecule has 0 radical (unpaired) electrons. The fourth-order valence-electron chi connectivity index (χ4n) is 2.42. The summed E-state index contributed by atoms with van der Waals surface area (Å²) in [6.07, 6.45) is 0. The van der Waals surface area contributed by atoms with Crippen LogP contribution in [0.1, 0.15) is 5.56 Å². The minimum absolute atomic E-state index is 0.0346. The van der Waals surface area contributed by atoms with Crippen molar-refractivity contribution in [3.63, 3.8) is 0 Å². The molecule has 0 amide bonds. The van der Waals surface area contributed by atoms with E-state index in [4.69, 9.17) is 5.73 Å². The molecule has 0 fully saturated rings. The molecule has 0 bridgehead atoms. The minimum Gasteiger partial charge on any atom is -0.508 e. The lowest BCUT2D eigenvalue weighted by Gasteiger charge is -2.12. The van der Waals surface area contributed by atoms with E-state index in [0.29, 0.717) is 5.56 Å². The molecule has 2 heterocycles. The molecule has 0 aliphatic rings. The zero-order chi connectivity index (χ0) is 16.7. The molecule has 8 heteroatoms. The second kappa shape index (κ2) is 4.99. The Balaban J connectivity index is 2.60. The van der Waals surface area contributed by atoms with Gasteiger partial charge in [-0.25, -0.2) is 9.78 Å². The Morgan fingerprint density at radius 2 is 1.96 bits per heavy atom. The molecule has 4 N–H and O–H groups in total. The van der Waals surface area contributed by atoms with Crippen LogP contribution in [0.15, 0.2) is 33.9 Å². The maximum atomic E-state index is 12.3. The van der Waals surface area contributed by atoms with Crippen molar-refractivity contribution in [2.75, 3.05) is 5.73 Å². The molecular formula is C15H11N5O3. The van der Waals surface area contributed by atoms with Gasteiger partial charge in [0.15, 0.2) is 5.65 Å². The van der Waals surface area contributed by atoms with Gasteiger partial charge in [0.2, 0.25) is 0 Å². The average Bonchev–Trinajstić information content (AvgIpc) is 2.52. The van der Waals surface area contributed by atoms with Gasteiger partial charge in [-0.05, 0) is 17.7 Å². The third-order valence-electron chi connectivity index (χ3n) is 3.54. The fourth-order valence-corrected chi connectivity index (χ4v) is 2.42. The summed E-state index contributed by atoms with van der Waals surface area (Å²) in [6.45, 7) is 0. The van der Waals surface area contributed by atoms with Crippen molar-refractivity contribution < 1.29 is 5.11 Å². The quantitative estimate of drug-likeness (QED) is 0.596. The van der Waals surface area contributed by atoms with Gasteiger partial charge in [0, 0.05) is 12.6 Å². The van der Waals surface area contributed by atoms with E-state index in [1.165, 1.54) is 19.2 Å². The van der Waals surface area contributed by atoms with Gasteiger partial charge in [0.05, 0.1) is 5.39 Å². The fraction of sp³-hybridized carbons (Fsp3) is 0.0667. The smallest absolute Gasteiger partial charge is 0.329 e. The van der Waals surface area contributed by atoms with Crippen molar-refractivity contribution in [1.82, 2.24) is 14.5 Å². The maximum absolute atomic E-state index is 12.3. The largest absolute Gasteiger partial charge is 0.508 e. The lowest BCUT2D eigenvalue weighted by molar-refractivity contribution is 0.475. The lowest BCUT2D eigenvalue weighted by atomic mass is 9.98. The summed E-state index contributed by atoms with van der Waals surface area (Å²) in [5, 5.41) is 18.9. The number of nitrogens with two attached hydrogens (primary N) is 1. The number of aryl methyl sites for hydroxylation is 1. The zero-order valence-electron chi connectivity index (χ0n) is 12.0. The van der Waals surface area contributed by atoms with Crippen LogP contribution in [0.3, 0.4) is 0 Å². The summed E-state index contributed by atoms with van der Waals surface area (Å²) >= 11 is 0. The lowest BCUT2D eigenvalue weighted by Crippen LogP contribution is -2.29. The molecule has 0 saturated carbocycles. The Labute approximate surface area is 129 Å². The van der Waals surface area contributed by atoms with Gasteiger partial charge in [-0.15, -0.1) is 0 Å². The number of aromatic amines is 1. The normalized spacial score (nSPS) is 10.6. The molecule has 23 heavy (non-hydrogen) atoms. The monoisotopic (exact) mass is 309 g/mol. The zero-order valence-corrected chi connectivity index (χ0v) is 12.0. The maximum Gasteiger partial charge on any atom is 0.329 e. The highest BCUT2D eigenvalue weighted by Gasteiger charge is 2.19. The molecule has 3 rings (SSSR count). The summed E-state index contributed by atoms with van der Waals surface area (Å²) < 4.78 is 1.15. The highest BCUT2D eigenvalue weighted by molar-refractivity contribution is 5.97. The average molecular weight is 309 g/mol. The Kier molecular flexibility index (Phi) is 3.11. The summed E-state index contributed by atoms with van der Waals surface area (Å²) in [5.74, 6) is -0.0384. The Morgan fingerprint density at radius 1 is 1.30 bits per heavy atom. The number of rotatable bonds is 1. The number of anilines is 1. The van der Waals surface area contributed by atoms with Crippen LogP contribution in [0.2, 0.25) is 0 Å². The molecule has 0 atom stereocenters. The number of hydrogen-bond donors (Lipinski definition) is 3. The number of H-pyrrole nitrogens is 1. The SMILES string of the molecule is Cn1c(=O)[nH]c(=O)c2c(-c3ccc(O)cc3)c(C#N)c(N)nc21. The molecule has 1 aromatic carbocycles. The van der Waals surface area contributed by atoms with Gasteiger partial charge in [0.25, 0.3) is 5.56 Å². The van der Waals surface area contributed by atoms with E-state index < -0.39 is 11.2 Å². The number of nitrogens with one attached hydrogen (secondary N) is 1. The van der Waals surface area contributed by atoms with E-state index in [1.807, 2.05) is 6.07 Å². The Bertz CT molecular complexity index is 1090. The van der Waals surface area contributed by atoms with Gasteiger partial charge < -0.3 is 10.8 Å². The molecule has 0 aliphatic heterocycles. The van der Waals surface area contributed by atoms with E-state index in [9.17, 15) is 20.0 Å². The van der Waals surface area contributed by atoms with E-state index >= 15 is 0 Å². The van der Waals surface area contributed by atoms with Gasteiger partial charge in [-0.1, -0.05) is 12.1 Å². The van der Waals surface area contributed by atoms with Crippen molar-refractivity contribution in [3.05, 3.63) is 50.7 Å². The van der Waals surface area contributed by atoms with Crippen molar-refractivity contribution in [2.24, 2.45) is 7.05 Å². The molecule has 0 aliphatic carbocycles. The third-order valence-corrected chi connectivity index (χ3v) is 3.54. The summed E-state index contributed by atoms with van der Waals surface area (Å²) in [4.78, 5) is 30.2. The first-order valence-electron chi connectivity index (χ1n) is 6.56. The number of nitriles is 1. The molecule has 0 saturated heterocycles. The van der Waals surface area contributed by atoms with Crippen LogP contribution in [0.25, 0.3) is 22.2 Å². The van der Waals surface area contributed by atoms with E-state index in [-0.39, 0.29) is 33.7 Å². The van der Waals surface area contributed by atoms with Crippen LogP contribution < -0.4 is 17.0 Å². The third kappa shape index (κ3) is 2.11. The van der Waals surface area contributed by atoms with Gasteiger partial charge in [-0.2, -0.15) is 5.26 Å². The predicted molar refractivity (Wildman–Crippen MR) is 83.8 cm³/mol. The number of pyridine rings is 1. The molecule has 0 unspecified atom stereocenters. The first-order valence-corrected chi connectivity index (χ1v) is 6.56. The van der Waals surface area contributed by atoms with Gasteiger partial charge >= 0.3 is 5.69 Å². The number of phenols is 1. The molecule has 2 aromatic heterocycles. The first-order chi connectivity index (χ1) is 10.9. The van der Waals surface area contributed by atoms with Crippen LogP contribution >= 0.6 is 0 Å². The standard InChI is InChI=1S/C15H11N5O3/c1-20-13-11(14(22)19-15(20)23)10(9(6-16)12(17)18-13)7-2-4-8(21)5-3-7/h2-5,21H,1H3,(H2,17,18)(H,19,22,23). The van der Waals surface area contributed by atoms with Gasteiger partial charge in [-0.3, -0.25) is 14.3 Å². The van der Waals surface area contributed by atoms with Crippen molar-refractivity contribution in [3.8, 4) is 22.9 Å². The van der Waals surface area contributed by atoms with Crippen molar-refractivity contribution in [1.29, 1.82) is 5.26 Å². The van der Waals surface area contributed by atoms with E-state index in [0.717, 1.165) is 4.57 Å². The van der Waals surface area contributed by atoms with E-state index in [1.54, 1.807) is 12.1 Å². The number of phenolic OH excluding ortho intramolecular Hbond substituents is 1. The molecule has 114 valence electrons. The number of aromatic nitrogens is 3. The number of nitrogens with zero attached hydrogens (tertiary/aromatic N) is 3. The summed E-state index contributed by atoms with van der Waals surface area (Å²) in [7, 11) is 1.44. The van der Waals surface area contributed by atoms with Crippen LogP contribution in [0, 0.1) is 11.3 Å². The summed E-state index contributed by atoms with van der Waals surface area (Å²) in [5.41, 5.74) is 5.43. The number of nitrogen functional groups attached to an aromatic ring is 1. The summed E-state index contributed by atoms with van der Waals surface area (Å²) in [6, 6.07) is 7.89. The molecule has 0 spiro atoms. The molecule has 8 nitrogen and oxygen atoms in total. The van der Waals surface area contributed by atoms with Crippen molar-refractivity contribution in [2.45, 2.75) is 0 Å². The van der Waals surface area contributed by atoms with Gasteiger partial charge in [0.1, 0.15) is 23.2 Å². The van der Waals surface area contributed by atoms with Crippen molar-refractivity contribution >= 4 is 16.9 Å². The minimum atomic E-state index is -0.657. The second-order valence-corrected chi connectivity index (χ2v) is 4.92. The number of hydrogen-bond acceptors (Lipinski definition) is 6. The number of fused-ring (bicyclic) bond motifs is 1. The number of benzene rings is 1.